The van der Waals surface area contributed by atoms with Crippen molar-refractivity contribution in [1.29, 1.82) is 0 Å². The van der Waals surface area contributed by atoms with Gasteiger partial charge in [0.1, 0.15) is 15.6 Å². The van der Waals surface area contributed by atoms with Crippen LogP contribution in [0.4, 0.5) is 5.69 Å². The third-order valence-corrected chi connectivity index (χ3v) is 3.30. The summed E-state index contributed by atoms with van der Waals surface area (Å²) in [5.74, 6) is 0.934. The molecule has 102 valence electrons. The summed E-state index contributed by atoms with van der Waals surface area (Å²) in [6.07, 6.45) is 1.39. The average Bonchev–Trinajstić information content (AvgIpc) is 2.17. The van der Waals surface area contributed by atoms with Crippen molar-refractivity contribution in [2.45, 2.75) is 32.9 Å². The van der Waals surface area contributed by atoms with Gasteiger partial charge in [0, 0.05) is 18.0 Å². The molecule has 1 rings (SSSR count). The zero-order chi connectivity index (χ0) is 13.8. The van der Waals surface area contributed by atoms with E-state index in [0.29, 0.717) is 0 Å². The van der Waals surface area contributed by atoms with Gasteiger partial charge in [-0.15, -0.1) is 0 Å². The topological polar surface area (TPSA) is 55.4 Å². The average molecular weight is 271 g/mol. The lowest BCUT2D eigenvalue weighted by molar-refractivity contribution is 0.242. The molecule has 0 amide bonds. The molecule has 0 heterocycles. The second-order valence-corrected chi connectivity index (χ2v) is 7.01. The molecule has 0 aliphatic rings. The molecule has 0 radical (unpaired) electrons. The highest BCUT2D eigenvalue weighted by Gasteiger charge is 2.10. The summed E-state index contributed by atoms with van der Waals surface area (Å²) in [5.41, 5.74) is 0.891. The monoisotopic (exact) mass is 271 g/mol. The number of benzene rings is 1. The van der Waals surface area contributed by atoms with Crippen molar-refractivity contribution in [3.05, 3.63) is 24.3 Å². The third kappa shape index (κ3) is 5.91. The fourth-order valence-corrected chi connectivity index (χ4v) is 2.67. The van der Waals surface area contributed by atoms with Crippen molar-refractivity contribution in [1.82, 2.24) is 0 Å². The van der Waals surface area contributed by atoms with Gasteiger partial charge in [0.25, 0.3) is 0 Å². The van der Waals surface area contributed by atoms with E-state index >= 15 is 0 Å². The first-order chi connectivity index (χ1) is 8.26. The number of hydrogen-bond acceptors (Lipinski definition) is 4. The van der Waals surface area contributed by atoms with E-state index in [2.05, 4.69) is 5.32 Å². The summed E-state index contributed by atoms with van der Waals surface area (Å²) in [7, 11) is -2.95. The predicted molar refractivity (Wildman–Crippen MR) is 75.0 cm³/mol. The van der Waals surface area contributed by atoms with Gasteiger partial charge >= 0.3 is 0 Å². The van der Waals surface area contributed by atoms with Gasteiger partial charge in [0.15, 0.2) is 0 Å². The van der Waals surface area contributed by atoms with E-state index in [4.69, 9.17) is 4.74 Å². The summed E-state index contributed by atoms with van der Waals surface area (Å²) in [4.78, 5) is 0. The fourth-order valence-electron chi connectivity index (χ4n) is 1.68. The van der Waals surface area contributed by atoms with Crippen LogP contribution in [0.3, 0.4) is 0 Å². The lowest BCUT2D eigenvalue weighted by Crippen LogP contribution is -2.24. The van der Waals surface area contributed by atoms with Crippen LogP contribution in [0.25, 0.3) is 0 Å². The summed E-state index contributed by atoms with van der Waals surface area (Å²) in [6, 6.07) is 7.40. The van der Waals surface area contributed by atoms with Gasteiger partial charge in [0.2, 0.25) is 0 Å². The van der Waals surface area contributed by atoms with Crippen LogP contribution in [0.5, 0.6) is 5.75 Å². The van der Waals surface area contributed by atoms with E-state index in [-0.39, 0.29) is 17.9 Å². The molecule has 0 bridgehead atoms. The Balaban J connectivity index is 2.58. The molecule has 5 heteroatoms. The van der Waals surface area contributed by atoms with Gasteiger partial charge in [0.05, 0.1) is 11.9 Å². The molecule has 1 aromatic rings. The van der Waals surface area contributed by atoms with Crippen LogP contribution in [0.15, 0.2) is 24.3 Å². The van der Waals surface area contributed by atoms with Crippen LogP contribution in [-0.2, 0) is 9.84 Å². The maximum absolute atomic E-state index is 11.1. The predicted octanol–water partition coefficient (Wildman–Crippen LogP) is 2.32. The first-order valence-corrected chi connectivity index (χ1v) is 8.03. The number of ether oxygens (including phenoxy) is 1. The molecular formula is C13H21NO3S. The molecule has 0 aliphatic carbocycles. The Kier molecular flexibility index (Phi) is 5.02. The Hall–Kier alpha value is -1.23. The lowest BCUT2D eigenvalue weighted by Gasteiger charge is -2.15. The quantitative estimate of drug-likeness (QED) is 0.862. The van der Waals surface area contributed by atoms with Crippen molar-refractivity contribution in [3.8, 4) is 5.75 Å². The standard InChI is InChI=1S/C13H21NO3S/c1-10(2)17-13-7-5-12(6-8-13)14-11(3)9-18(4,15)16/h5-8,10-11,14H,9H2,1-4H3. The zero-order valence-corrected chi connectivity index (χ0v) is 12.1. The van der Waals surface area contributed by atoms with E-state index < -0.39 is 9.84 Å². The van der Waals surface area contributed by atoms with E-state index in [1.807, 2.05) is 45.0 Å². The molecule has 1 atom stereocenters. The fraction of sp³-hybridized carbons (Fsp3) is 0.538. The van der Waals surface area contributed by atoms with Gasteiger partial charge in [-0.2, -0.15) is 0 Å². The van der Waals surface area contributed by atoms with Gasteiger partial charge in [-0.25, -0.2) is 8.42 Å². The second-order valence-electron chi connectivity index (χ2n) is 4.83. The normalized spacial score (nSPS) is 13.4. The van der Waals surface area contributed by atoms with Crippen LogP contribution in [0.2, 0.25) is 0 Å². The third-order valence-electron chi connectivity index (χ3n) is 2.19. The van der Waals surface area contributed by atoms with Gasteiger partial charge < -0.3 is 10.1 Å². The molecule has 0 saturated carbocycles. The summed E-state index contributed by atoms with van der Waals surface area (Å²) >= 11 is 0. The molecule has 1 aromatic carbocycles. The first kappa shape index (κ1) is 14.8. The number of rotatable bonds is 6. The van der Waals surface area contributed by atoms with Crippen LogP contribution < -0.4 is 10.1 Å². The van der Waals surface area contributed by atoms with E-state index in [9.17, 15) is 8.42 Å². The number of anilines is 1. The summed E-state index contributed by atoms with van der Waals surface area (Å²) < 4.78 is 27.8. The molecular weight excluding hydrogens is 250 g/mol. The minimum atomic E-state index is -2.95. The SMILES string of the molecule is CC(CS(C)(=O)=O)Nc1ccc(OC(C)C)cc1. The van der Waals surface area contributed by atoms with Gasteiger partial charge in [-0.1, -0.05) is 0 Å². The Bertz CT molecular complexity index is 466. The van der Waals surface area contributed by atoms with Crippen LogP contribution in [0, 0.1) is 0 Å². The first-order valence-electron chi connectivity index (χ1n) is 5.97. The van der Waals surface area contributed by atoms with E-state index in [1.165, 1.54) is 6.26 Å². The largest absolute Gasteiger partial charge is 0.491 e. The molecule has 1 N–H and O–H groups in total. The van der Waals surface area contributed by atoms with Crippen molar-refractivity contribution in [3.63, 3.8) is 0 Å². The van der Waals surface area contributed by atoms with Crippen molar-refractivity contribution in [2.24, 2.45) is 0 Å². The Morgan fingerprint density at radius 1 is 1.17 bits per heavy atom. The smallest absolute Gasteiger partial charge is 0.149 e. The maximum atomic E-state index is 11.1. The minimum Gasteiger partial charge on any atom is -0.491 e. The zero-order valence-electron chi connectivity index (χ0n) is 11.3. The Labute approximate surface area is 109 Å². The van der Waals surface area contributed by atoms with Crippen molar-refractivity contribution < 1.29 is 13.2 Å². The molecule has 0 aromatic heterocycles. The maximum Gasteiger partial charge on any atom is 0.149 e. The molecule has 0 aliphatic heterocycles. The summed E-state index contributed by atoms with van der Waals surface area (Å²) in [6.45, 7) is 5.79. The van der Waals surface area contributed by atoms with E-state index in [0.717, 1.165) is 11.4 Å². The number of hydrogen-bond donors (Lipinski definition) is 1. The molecule has 0 saturated heterocycles. The highest BCUT2D eigenvalue weighted by molar-refractivity contribution is 7.90. The van der Waals surface area contributed by atoms with Crippen LogP contribution in [0.1, 0.15) is 20.8 Å². The van der Waals surface area contributed by atoms with Gasteiger partial charge in [-0.3, -0.25) is 0 Å². The molecule has 0 fully saturated rings. The lowest BCUT2D eigenvalue weighted by atomic mass is 10.2. The molecule has 4 nitrogen and oxygen atoms in total. The highest BCUT2D eigenvalue weighted by Crippen LogP contribution is 2.17. The Morgan fingerprint density at radius 2 is 1.72 bits per heavy atom. The number of sulfone groups is 1. The number of nitrogens with one attached hydrogen (secondary N) is 1. The van der Waals surface area contributed by atoms with Crippen molar-refractivity contribution in [2.75, 3.05) is 17.3 Å². The van der Waals surface area contributed by atoms with Crippen LogP contribution >= 0.6 is 0 Å². The summed E-state index contributed by atoms with van der Waals surface area (Å²) in [5, 5.41) is 3.14. The van der Waals surface area contributed by atoms with Crippen molar-refractivity contribution >= 4 is 15.5 Å². The molecule has 18 heavy (non-hydrogen) atoms. The minimum absolute atomic E-state index is 0.114. The highest BCUT2D eigenvalue weighted by atomic mass is 32.2. The second kappa shape index (κ2) is 6.09. The van der Waals surface area contributed by atoms with Gasteiger partial charge in [-0.05, 0) is 45.0 Å². The molecule has 1 unspecified atom stereocenters. The van der Waals surface area contributed by atoms with Crippen LogP contribution in [-0.4, -0.2) is 32.6 Å². The molecule has 0 spiro atoms. The van der Waals surface area contributed by atoms with E-state index in [1.54, 1.807) is 0 Å². The Morgan fingerprint density at radius 3 is 2.17 bits per heavy atom.